The second-order valence-electron chi connectivity index (χ2n) is 8.06. The van der Waals surface area contributed by atoms with Gasteiger partial charge in [-0.3, -0.25) is 0 Å². The molecule has 0 atom stereocenters. The Balaban J connectivity index is 1.55. The summed E-state index contributed by atoms with van der Waals surface area (Å²) >= 11 is 1.29. The third-order valence-electron chi connectivity index (χ3n) is 6.06. The van der Waals surface area contributed by atoms with Gasteiger partial charge in [-0.15, -0.1) is 11.3 Å². The van der Waals surface area contributed by atoms with Gasteiger partial charge in [-0.1, -0.05) is 0 Å². The minimum Gasteiger partial charge on any atom is -0.493 e. The molecule has 2 aromatic carbocycles. The van der Waals surface area contributed by atoms with E-state index in [1.165, 1.54) is 32.7 Å². The minimum absolute atomic E-state index is 0.0963. The van der Waals surface area contributed by atoms with E-state index in [0.717, 1.165) is 0 Å². The summed E-state index contributed by atoms with van der Waals surface area (Å²) in [6.45, 7) is 0.281. The lowest BCUT2D eigenvalue weighted by Gasteiger charge is -2.31. The van der Waals surface area contributed by atoms with Gasteiger partial charge in [0.05, 0.1) is 32.3 Å². The lowest BCUT2D eigenvalue weighted by atomic mass is 10.1. The van der Waals surface area contributed by atoms with E-state index in [9.17, 15) is 30.4 Å². The second-order valence-corrected chi connectivity index (χ2v) is 11.1. The fourth-order valence-corrected chi connectivity index (χ4v) is 6.86. The molecule has 37 heavy (non-hydrogen) atoms. The maximum atomic E-state index is 14.2. The zero-order valence-corrected chi connectivity index (χ0v) is 21.4. The molecular formula is C23H21F5N2O5S2. The first-order valence-corrected chi connectivity index (χ1v) is 13.2. The van der Waals surface area contributed by atoms with Crippen molar-refractivity contribution in [3.05, 3.63) is 46.6 Å². The summed E-state index contributed by atoms with van der Waals surface area (Å²) in [6, 6.07) is 3.45. The fraction of sp³-hybridized carbons (Fsp3) is 0.348. The minimum atomic E-state index is -4.83. The Kier molecular flexibility index (Phi) is 7.51. The van der Waals surface area contributed by atoms with Gasteiger partial charge in [0.2, 0.25) is 11.6 Å². The van der Waals surface area contributed by atoms with Crippen LogP contribution in [0.1, 0.15) is 12.8 Å². The van der Waals surface area contributed by atoms with Crippen LogP contribution in [0.3, 0.4) is 0 Å². The van der Waals surface area contributed by atoms with E-state index < -0.39 is 49.1 Å². The lowest BCUT2D eigenvalue weighted by molar-refractivity contribution is 0.324. The molecule has 0 spiro atoms. The van der Waals surface area contributed by atoms with Crippen molar-refractivity contribution >= 4 is 26.3 Å². The van der Waals surface area contributed by atoms with Crippen molar-refractivity contribution in [1.82, 2.24) is 4.98 Å². The summed E-state index contributed by atoms with van der Waals surface area (Å²) in [5.74, 6) is -10.4. The molecule has 7 nitrogen and oxygen atoms in total. The Hall–Kier alpha value is -3.13. The van der Waals surface area contributed by atoms with Crippen molar-refractivity contribution in [3.63, 3.8) is 0 Å². The van der Waals surface area contributed by atoms with Crippen LogP contribution in [-0.2, 0) is 9.84 Å². The van der Waals surface area contributed by atoms with E-state index >= 15 is 0 Å². The summed E-state index contributed by atoms with van der Waals surface area (Å²) < 4.78 is 111. The first-order chi connectivity index (χ1) is 17.5. The molecule has 0 unspecified atom stereocenters. The average Bonchev–Trinajstić information content (AvgIpc) is 3.40. The Morgan fingerprint density at radius 2 is 1.38 bits per heavy atom. The van der Waals surface area contributed by atoms with Crippen molar-refractivity contribution < 1.29 is 44.6 Å². The van der Waals surface area contributed by atoms with Crippen molar-refractivity contribution in [2.75, 3.05) is 39.3 Å². The lowest BCUT2D eigenvalue weighted by Crippen LogP contribution is -2.40. The van der Waals surface area contributed by atoms with E-state index in [1.54, 1.807) is 22.4 Å². The van der Waals surface area contributed by atoms with Gasteiger partial charge < -0.3 is 19.1 Å². The Labute approximate surface area is 213 Å². The van der Waals surface area contributed by atoms with Crippen LogP contribution in [0.2, 0.25) is 0 Å². The van der Waals surface area contributed by atoms with Gasteiger partial charge in [0.1, 0.15) is 4.90 Å². The predicted molar refractivity (Wildman–Crippen MR) is 126 cm³/mol. The van der Waals surface area contributed by atoms with Crippen LogP contribution in [0.15, 0.2) is 22.4 Å². The number of rotatable bonds is 7. The number of piperidine rings is 1. The first-order valence-electron chi connectivity index (χ1n) is 10.8. The molecule has 1 aromatic heterocycles. The number of sulfone groups is 1. The molecule has 0 amide bonds. The molecule has 0 bridgehead atoms. The predicted octanol–water partition coefficient (Wildman–Crippen LogP) is 4.97. The van der Waals surface area contributed by atoms with Crippen molar-refractivity contribution in [3.8, 4) is 28.5 Å². The number of halogens is 5. The van der Waals surface area contributed by atoms with Crippen LogP contribution in [0, 0.1) is 29.1 Å². The number of ether oxygens (including phenoxy) is 3. The van der Waals surface area contributed by atoms with Gasteiger partial charge in [-0.05, 0) is 25.0 Å². The first kappa shape index (κ1) is 26.9. The molecule has 14 heteroatoms. The zero-order valence-electron chi connectivity index (χ0n) is 19.8. The number of thiazole rings is 1. The Bertz CT molecular complexity index is 1390. The number of aromatic nitrogens is 1. The molecule has 1 saturated heterocycles. The highest BCUT2D eigenvalue weighted by Gasteiger charge is 2.39. The topological polar surface area (TPSA) is 78.0 Å². The fourth-order valence-electron chi connectivity index (χ4n) is 4.13. The third-order valence-corrected chi connectivity index (χ3v) is 9.24. The number of nitrogens with zero attached hydrogens (tertiary/aromatic N) is 2. The monoisotopic (exact) mass is 564 g/mol. The highest BCUT2D eigenvalue weighted by Crippen LogP contribution is 2.42. The summed E-state index contributed by atoms with van der Waals surface area (Å²) in [7, 11) is -0.379. The number of benzene rings is 2. The quantitative estimate of drug-likeness (QED) is 0.174. The molecule has 0 aliphatic carbocycles. The molecule has 200 valence electrons. The van der Waals surface area contributed by atoms with Crippen LogP contribution < -0.4 is 19.1 Å². The number of anilines is 1. The largest absolute Gasteiger partial charge is 0.493 e. The smallest absolute Gasteiger partial charge is 0.203 e. The van der Waals surface area contributed by atoms with E-state index in [2.05, 4.69) is 4.98 Å². The molecular weight excluding hydrogens is 543 g/mol. The van der Waals surface area contributed by atoms with Crippen LogP contribution in [0.5, 0.6) is 17.2 Å². The van der Waals surface area contributed by atoms with E-state index in [1.807, 2.05) is 0 Å². The van der Waals surface area contributed by atoms with Crippen molar-refractivity contribution in [2.24, 2.45) is 0 Å². The average molecular weight is 565 g/mol. The van der Waals surface area contributed by atoms with Gasteiger partial charge >= 0.3 is 0 Å². The molecule has 2 heterocycles. The third kappa shape index (κ3) is 4.67. The van der Waals surface area contributed by atoms with E-state index in [4.69, 9.17) is 14.2 Å². The van der Waals surface area contributed by atoms with Crippen LogP contribution >= 0.6 is 11.3 Å². The summed E-state index contributed by atoms with van der Waals surface area (Å²) in [4.78, 5) is 4.60. The molecule has 3 aromatic rings. The standard InChI is InChI=1S/C23H21F5N2O5S2/c1-33-14-8-11(9-15(34-2)21(14)35-3)13-10-36-23(29-13)30-6-4-12(5-7-30)37(31,32)22-19(27)17(25)16(24)18(26)20(22)28/h8-10,12H,4-7H2,1-3H3. The summed E-state index contributed by atoms with van der Waals surface area (Å²) in [6.07, 6.45) is -0.193. The molecule has 0 saturated carbocycles. The molecule has 1 aliphatic heterocycles. The summed E-state index contributed by atoms with van der Waals surface area (Å²) in [5.41, 5.74) is 1.27. The van der Waals surface area contributed by atoms with Gasteiger partial charge in [0, 0.05) is 24.0 Å². The maximum absolute atomic E-state index is 14.2. The second kappa shape index (κ2) is 10.3. The molecule has 0 N–H and O–H groups in total. The van der Waals surface area contributed by atoms with E-state index in [-0.39, 0.29) is 25.9 Å². The highest BCUT2D eigenvalue weighted by atomic mass is 32.2. The SMILES string of the molecule is COc1cc(-c2csc(N3CCC(S(=O)(=O)c4c(F)c(F)c(F)c(F)c4F)CC3)n2)cc(OC)c1OC. The van der Waals surface area contributed by atoms with Gasteiger partial charge in [0.25, 0.3) is 0 Å². The van der Waals surface area contributed by atoms with Crippen LogP contribution in [-0.4, -0.2) is 53.1 Å². The Morgan fingerprint density at radius 3 is 1.86 bits per heavy atom. The highest BCUT2D eigenvalue weighted by molar-refractivity contribution is 7.92. The zero-order chi connectivity index (χ0) is 27.1. The molecule has 1 aliphatic rings. The Morgan fingerprint density at radius 1 is 0.865 bits per heavy atom. The van der Waals surface area contributed by atoms with Crippen LogP contribution in [0.25, 0.3) is 11.3 Å². The van der Waals surface area contributed by atoms with E-state index in [0.29, 0.717) is 33.6 Å². The molecule has 1 fully saturated rings. The van der Waals surface area contributed by atoms with Crippen molar-refractivity contribution in [1.29, 1.82) is 0 Å². The van der Waals surface area contributed by atoms with Crippen LogP contribution in [0.4, 0.5) is 27.1 Å². The van der Waals surface area contributed by atoms with Gasteiger partial charge in [-0.25, -0.2) is 35.4 Å². The number of hydrogen-bond donors (Lipinski definition) is 0. The van der Waals surface area contributed by atoms with Crippen molar-refractivity contribution in [2.45, 2.75) is 23.0 Å². The number of hydrogen-bond acceptors (Lipinski definition) is 8. The summed E-state index contributed by atoms with van der Waals surface area (Å²) in [5, 5.41) is 1.02. The van der Waals surface area contributed by atoms with Gasteiger partial charge in [-0.2, -0.15) is 0 Å². The number of methoxy groups -OCH3 is 3. The normalized spacial score (nSPS) is 14.6. The van der Waals surface area contributed by atoms with Gasteiger partial charge in [0.15, 0.2) is 49.7 Å². The molecule has 4 rings (SSSR count). The molecule has 0 radical (unpaired) electrons. The maximum Gasteiger partial charge on any atom is 0.203 e.